The Morgan fingerprint density at radius 3 is 2.82 bits per heavy atom. The predicted molar refractivity (Wildman–Crippen MR) is 82.7 cm³/mol. The number of ether oxygens (including phenoxy) is 1. The number of carbonyl (C=O) groups is 1. The van der Waals surface area contributed by atoms with Crippen LogP contribution in [0.1, 0.15) is 26.2 Å². The highest BCUT2D eigenvalue weighted by atomic mass is 19.1. The minimum atomic E-state index is -3.18. The second-order valence-electron chi connectivity index (χ2n) is 4.43. The number of benzene rings is 2. The normalized spacial score (nSPS) is 18.6. The van der Waals surface area contributed by atoms with Crippen LogP contribution in [0.2, 0.25) is 0 Å². The van der Waals surface area contributed by atoms with Crippen molar-refractivity contribution in [1.82, 2.24) is 5.32 Å². The molecule has 0 aliphatic carbocycles. The zero-order valence-electron chi connectivity index (χ0n) is 17.6. The van der Waals surface area contributed by atoms with Gasteiger partial charge in [0.25, 0.3) is 0 Å². The molecule has 2 aromatic carbocycles. The molecule has 0 aliphatic heterocycles. The van der Waals surface area contributed by atoms with E-state index >= 15 is 0 Å². The lowest BCUT2D eigenvalue weighted by atomic mass is 10.2. The van der Waals surface area contributed by atoms with Crippen molar-refractivity contribution in [2.75, 3.05) is 0 Å². The first-order chi connectivity index (χ1) is 12.8. The van der Waals surface area contributed by atoms with Crippen LogP contribution in [0.25, 0.3) is 0 Å². The fourth-order valence-corrected chi connectivity index (χ4v) is 1.62. The van der Waals surface area contributed by atoms with E-state index in [0.29, 0.717) is 11.3 Å². The first kappa shape index (κ1) is 9.58. The van der Waals surface area contributed by atoms with Gasteiger partial charge in [0, 0.05) is 13.4 Å². The van der Waals surface area contributed by atoms with Crippen molar-refractivity contribution in [3.05, 3.63) is 65.5 Å². The van der Waals surface area contributed by atoms with Crippen molar-refractivity contribution >= 4 is 5.91 Å². The topological polar surface area (TPSA) is 64.3 Å². The quantitative estimate of drug-likeness (QED) is 0.825. The molecule has 0 aliphatic rings. The Hall–Kier alpha value is -2.40. The van der Waals surface area contributed by atoms with Crippen LogP contribution in [0.15, 0.2) is 48.5 Å². The third-order valence-electron chi connectivity index (χ3n) is 2.73. The zero-order valence-corrected chi connectivity index (χ0v) is 11.6. The van der Waals surface area contributed by atoms with Gasteiger partial charge in [-0.1, -0.05) is 24.3 Å². The average Bonchev–Trinajstić information content (AvgIpc) is 2.59. The monoisotopic (exact) mass is 308 g/mol. The van der Waals surface area contributed by atoms with E-state index in [4.69, 9.17) is 18.7 Å². The molecule has 0 bridgehead atoms. The van der Waals surface area contributed by atoms with Gasteiger partial charge < -0.3 is 15.8 Å². The van der Waals surface area contributed by atoms with Crippen LogP contribution in [0, 0.1) is 5.82 Å². The first-order valence-corrected chi connectivity index (χ1v) is 6.42. The standard InChI is InChI=1S/C17H19FN2O2/c1-12(17(19)21)20-10-13-5-7-16(8-6-13)22-11-14-3-2-4-15(18)9-14/h2-9,12,20H,10-11H2,1H3,(H2,19,21)/t12-/m0/s1/i1D3,10D2,12D. The van der Waals surface area contributed by atoms with Gasteiger partial charge in [0.2, 0.25) is 5.91 Å². The summed E-state index contributed by atoms with van der Waals surface area (Å²) < 4.78 is 64.5. The maximum absolute atomic E-state index is 13.2. The largest absolute Gasteiger partial charge is 0.489 e. The van der Waals surface area contributed by atoms with Crippen LogP contribution in [0.3, 0.4) is 0 Å². The van der Waals surface area contributed by atoms with E-state index < -0.39 is 31.1 Å². The van der Waals surface area contributed by atoms with Crippen LogP contribution >= 0.6 is 0 Å². The van der Waals surface area contributed by atoms with Crippen LogP contribution in [-0.4, -0.2) is 11.9 Å². The van der Waals surface area contributed by atoms with Gasteiger partial charge in [-0.2, -0.15) is 0 Å². The molecule has 0 spiro atoms. The lowest BCUT2D eigenvalue weighted by Gasteiger charge is -2.11. The van der Waals surface area contributed by atoms with E-state index in [1.54, 1.807) is 12.1 Å². The van der Waals surface area contributed by atoms with E-state index in [1.807, 2.05) is 5.32 Å². The van der Waals surface area contributed by atoms with Gasteiger partial charge in [-0.3, -0.25) is 4.79 Å². The van der Waals surface area contributed by atoms with Crippen molar-refractivity contribution in [1.29, 1.82) is 0 Å². The fourth-order valence-electron chi connectivity index (χ4n) is 1.62. The smallest absolute Gasteiger partial charge is 0.234 e. The second kappa shape index (κ2) is 7.56. The lowest BCUT2D eigenvalue weighted by molar-refractivity contribution is -0.119. The molecule has 0 heterocycles. The Labute approximate surface area is 137 Å². The van der Waals surface area contributed by atoms with Crippen LogP contribution < -0.4 is 15.8 Å². The van der Waals surface area contributed by atoms with Gasteiger partial charge in [-0.15, -0.1) is 0 Å². The molecule has 0 saturated carbocycles. The molecule has 116 valence electrons. The molecule has 2 aromatic rings. The van der Waals surface area contributed by atoms with E-state index in [1.165, 1.54) is 36.4 Å². The minimum absolute atomic E-state index is 0.0345. The summed E-state index contributed by atoms with van der Waals surface area (Å²) in [6.45, 7) is -5.62. The number of amides is 1. The molecule has 0 fully saturated rings. The van der Waals surface area contributed by atoms with Crippen LogP contribution in [0.5, 0.6) is 5.75 Å². The number of primary amides is 1. The minimum Gasteiger partial charge on any atom is -0.489 e. The Morgan fingerprint density at radius 1 is 1.41 bits per heavy atom. The summed E-state index contributed by atoms with van der Waals surface area (Å²) in [5.74, 6) is -1.55. The summed E-state index contributed by atoms with van der Waals surface area (Å²) in [6, 6.07) is 8.35. The molecular formula is C17H19FN2O2. The van der Waals surface area contributed by atoms with Gasteiger partial charge in [0.15, 0.2) is 0 Å². The highest BCUT2D eigenvalue weighted by Gasteiger charge is 2.07. The number of halogens is 1. The van der Waals surface area contributed by atoms with E-state index in [9.17, 15) is 9.18 Å². The molecule has 1 amide bonds. The zero-order chi connectivity index (χ0) is 21.2. The summed E-state index contributed by atoms with van der Waals surface area (Å²) in [4.78, 5) is 11.5. The van der Waals surface area contributed by atoms with Gasteiger partial charge in [-0.25, -0.2) is 4.39 Å². The maximum atomic E-state index is 13.2. The number of rotatable bonds is 7. The SMILES string of the molecule is [2H]C([2H])(N[C@]([2H])(C(N)=O)C([2H])([2H])[2H])c1ccc(OCc2cccc(F)c2)cc1. The van der Waals surface area contributed by atoms with Crippen molar-refractivity contribution in [2.24, 2.45) is 5.73 Å². The highest BCUT2D eigenvalue weighted by molar-refractivity contribution is 5.79. The van der Waals surface area contributed by atoms with Gasteiger partial charge in [-0.05, 0) is 42.2 Å². The molecular weight excluding hydrogens is 283 g/mol. The summed E-state index contributed by atoms with van der Waals surface area (Å²) in [6.07, 6.45) is 0. The van der Waals surface area contributed by atoms with Gasteiger partial charge >= 0.3 is 0 Å². The second-order valence-corrected chi connectivity index (χ2v) is 4.43. The van der Waals surface area contributed by atoms with Gasteiger partial charge in [0.1, 0.15) is 18.2 Å². The van der Waals surface area contributed by atoms with Crippen molar-refractivity contribution < 1.29 is 22.1 Å². The molecule has 0 aromatic heterocycles. The average molecular weight is 308 g/mol. The Morgan fingerprint density at radius 2 is 2.18 bits per heavy atom. The summed E-state index contributed by atoms with van der Waals surface area (Å²) in [7, 11) is 0. The summed E-state index contributed by atoms with van der Waals surface area (Å²) in [5.41, 5.74) is 5.59. The number of hydrogen-bond acceptors (Lipinski definition) is 3. The van der Waals surface area contributed by atoms with Crippen molar-refractivity contribution in [3.63, 3.8) is 0 Å². The summed E-state index contributed by atoms with van der Waals surface area (Å²) >= 11 is 0. The molecule has 22 heavy (non-hydrogen) atoms. The van der Waals surface area contributed by atoms with Crippen LogP contribution in [0.4, 0.5) is 4.39 Å². The molecule has 4 nitrogen and oxygen atoms in total. The molecule has 0 unspecified atom stereocenters. The van der Waals surface area contributed by atoms with Crippen molar-refractivity contribution in [3.8, 4) is 5.75 Å². The van der Waals surface area contributed by atoms with E-state index in [2.05, 4.69) is 0 Å². The predicted octanol–water partition coefficient (Wildman–Crippen LogP) is 2.37. The lowest BCUT2D eigenvalue weighted by Crippen LogP contribution is -2.38. The molecule has 3 N–H and O–H groups in total. The molecule has 2 rings (SSSR count). The number of carbonyl (C=O) groups excluding carboxylic acids is 1. The Balaban J connectivity index is 2.13. The Kier molecular flexibility index (Phi) is 3.29. The fraction of sp³-hybridized carbons (Fsp3) is 0.235. The molecule has 0 radical (unpaired) electrons. The molecule has 1 atom stereocenters. The number of hydrogen-bond donors (Lipinski definition) is 2. The maximum Gasteiger partial charge on any atom is 0.234 e. The third kappa shape index (κ3) is 4.86. The highest BCUT2D eigenvalue weighted by Crippen LogP contribution is 2.14. The van der Waals surface area contributed by atoms with Crippen molar-refractivity contribution in [2.45, 2.75) is 26.0 Å². The van der Waals surface area contributed by atoms with E-state index in [0.717, 1.165) is 0 Å². The first-order valence-electron chi connectivity index (χ1n) is 9.42. The molecule has 5 heteroatoms. The number of nitrogens with two attached hydrogens (primary N) is 1. The Bertz CT molecular complexity index is 844. The van der Waals surface area contributed by atoms with Gasteiger partial charge in [0.05, 0.1) is 7.39 Å². The van der Waals surface area contributed by atoms with Crippen LogP contribution in [-0.2, 0) is 17.9 Å². The summed E-state index contributed by atoms with van der Waals surface area (Å²) in [5, 5.41) is 1.89. The third-order valence-corrected chi connectivity index (χ3v) is 2.73. The van der Waals surface area contributed by atoms with E-state index in [-0.39, 0.29) is 12.2 Å². The number of nitrogens with one attached hydrogen (secondary N) is 1. The molecule has 0 saturated heterocycles.